The number of furan rings is 1. The number of rotatable bonds is 12. The van der Waals surface area contributed by atoms with E-state index in [4.69, 9.17) is 4.42 Å². The molecule has 1 nitrogen and oxygen atoms in total. The van der Waals surface area contributed by atoms with E-state index in [2.05, 4.69) is 54.6 Å². The van der Waals surface area contributed by atoms with Gasteiger partial charge >= 0.3 is 0 Å². The van der Waals surface area contributed by atoms with E-state index in [9.17, 15) is 0 Å². The molecule has 1 aromatic rings. The number of hydrogen-bond acceptors (Lipinski definition) is 1. The van der Waals surface area contributed by atoms with Gasteiger partial charge < -0.3 is 4.42 Å². The van der Waals surface area contributed by atoms with E-state index >= 15 is 0 Å². The van der Waals surface area contributed by atoms with E-state index in [0.29, 0.717) is 0 Å². The zero-order valence-corrected chi connectivity index (χ0v) is 18.2. The lowest BCUT2D eigenvalue weighted by molar-refractivity contribution is 0.566. The second kappa shape index (κ2) is 11.3. The minimum Gasteiger partial charge on any atom is -0.474 e. The van der Waals surface area contributed by atoms with Crippen molar-refractivity contribution in [2.75, 3.05) is 0 Å². The van der Waals surface area contributed by atoms with Gasteiger partial charge in [-0.2, -0.15) is 0 Å². The van der Waals surface area contributed by atoms with E-state index in [1.165, 1.54) is 73.2 Å². The standard InChI is InChI=1S/C20H35BrOSi/c1-5-6-7-8-9-10-11-12-13-14-19(21)15-18-16-20(22-17-18)23(2,3)4/h15-17H,5-14H2,1-4H3. The van der Waals surface area contributed by atoms with Crippen molar-refractivity contribution in [3.63, 3.8) is 0 Å². The van der Waals surface area contributed by atoms with Crippen molar-refractivity contribution < 1.29 is 4.42 Å². The van der Waals surface area contributed by atoms with Crippen molar-refractivity contribution in [2.45, 2.75) is 90.8 Å². The van der Waals surface area contributed by atoms with Crippen molar-refractivity contribution in [1.29, 1.82) is 0 Å². The van der Waals surface area contributed by atoms with E-state index in [1.54, 1.807) is 0 Å². The van der Waals surface area contributed by atoms with Gasteiger partial charge in [-0.1, -0.05) is 93.9 Å². The molecule has 0 aliphatic carbocycles. The quantitative estimate of drug-likeness (QED) is 0.262. The van der Waals surface area contributed by atoms with Crippen LogP contribution in [0, 0.1) is 0 Å². The molecular formula is C20H35BrOSi. The SMILES string of the molecule is CCCCCCCCCCCC(Br)=Cc1coc([Si](C)(C)C)c1. The van der Waals surface area contributed by atoms with Gasteiger partial charge in [-0.3, -0.25) is 0 Å². The van der Waals surface area contributed by atoms with Crippen LogP contribution in [0.3, 0.4) is 0 Å². The van der Waals surface area contributed by atoms with Crippen molar-refractivity contribution in [3.05, 3.63) is 22.4 Å². The highest BCUT2D eigenvalue weighted by atomic mass is 79.9. The van der Waals surface area contributed by atoms with Crippen LogP contribution in [0.5, 0.6) is 0 Å². The molecule has 0 atom stereocenters. The lowest BCUT2D eigenvalue weighted by atomic mass is 10.1. The summed E-state index contributed by atoms with van der Waals surface area (Å²) in [5.74, 6) is 0. The maximum atomic E-state index is 5.72. The molecule has 0 aromatic carbocycles. The summed E-state index contributed by atoms with van der Waals surface area (Å²) in [4.78, 5) is 0. The third-order valence-electron chi connectivity index (χ3n) is 4.20. The van der Waals surface area contributed by atoms with Crippen LogP contribution in [-0.2, 0) is 0 Å². The first-order valence-electron chi connectivity index (χ1n) is 9.38. The van der Waals surface area contributed by atoms with Crippen molar-refractivity contribution >= 4 is 35.5 Å². The van der Waals surface area contributed by atoms with Crippen LogP contribution < -0.4 is 5.38 Å². The second-order valence-corrected chi connectivity index (χ2v) is 13.7. The zero-order chi connectivity index (χ0) is 17.1. The summed E-state index contributed by atoms with van der Waals surface area (Å²) in [6.07, 6.45) is 17.7. The van der Waals surface area contributed by atoms with E-state index in [-0.39, 0.29) is 0 Å². The summed E-state index contributed by atoms with van der Waals surface area (Å²) < 4.78 is 7.02. The third-order valence-corrected chi connectivity index (χ3v) is 6.57. The summed E-state index contributed by atoms with van der Waals surface area (Å²) in [5, 5.41) is 1.19. The minimum atomic E-state index is -1.33. The minimum absolute atomic E-state index is 1.14. The summed E-state index contributed by atoms with van der Waals surface area (Å²) in [5.41, 5.74) is 1.20. The summed E-state index contributed by atoms with van der Waals surface area (Å²) in [6, 6.07) is 2.21. The van der Waals surface area contributed by atoms with Gasteiger partial charge in [0, 0.05) is 5.56 Å². The molecule has 132 valence electrons. The Labute approximate surface area is 153 Å². The lowest BCUT2D eigenvalue weighted by Gasteiger charge is -2.10. The van der Waals surface area contributed by atoms with E-state index in [1.807, 2.05) is 6.26 Å². The molecule has 1 aromatic heterocycles. The molecule has 0 spiro atoms. The summed E-state index contributed by atoms with van der Waals surface area (Å²) in [7, 11) is -1.33. The third kappa shape index (κ3) is 9.56. The Morgan fingerprint density at radius 2 is 1.57 bits per heavy atom. The molecule has 0 aliphatic rings. The van der Waals surface area contributed by atoms with Gasteiger partial charge in [-0.15, -0.1) is 0 Å². The Kier molecular flexibility index (Phi) is 10.2. The largest absolute Gasteiger partial charge is 0.474 e. The van der Waals surface area contributed by atoms with Crippen LogP contribution in [0.25, 0.3) is 6.08 Å². The molecule has 0 radical (unpaired) electrons. The van der Waals surface area contributed by atoms with Gasteiger partial charge in [0.2, 0.25) is 0 Å². The highest BCUT2D eigenvalue weighted by Gasteiger charge is 2.20. The molecule has 0 fully saturated rings. The van der Waals surface area contributed by atoms with Gasteiger partial charge in [0.05, 0.1) is 11.6 Å². The van der Waals surface area contributed by atoms with Gasteiger partial charge in [0.1, 0.15) is 8.07 Å². The molecule has 23 heavy (non-hydrogen) atoms. The molecule has 0 unspecified atom stereocenters. The Bertz CT molecular complexity index is 456. The average Bonchev–Trinajstić information content (AvgIpc) is 2.94. The van der Waals surface area contributed by atoms with Gasteiger partial charge in [0.15, 0.2) is 0 Å². The molecular weight excluding hydrogens is 364 g/mol. The van der Waals surface area contributed by atoms with Gasteiger partial charge in [-0.25, -0.2) is 0 Å². The van der Waals surface area contributed by atoms with Crippen molar-refractivity contribution in [1.82, 2.24) is 0 Å². The highest BCUT2D eigenvalue weighted by Crippen LogP contribution is 2.20. The Balaban J connectivity index is 2.16. The molecule has 0 aliphatic heterocycles. The molecule has 0 amide bonds. The fourth-order valence-electron chi connectivity index (χ4n) is 2.68. The van der Waals surface area contributed by atoms with Crippen LogP contribution in [0.2, 0.25) is 19.6 Å². The van der Waals surface area contributed by atoms with Crippen LogP contribution in [0.1, 0.15) is 76.7 Å². The maximum Gasteiger partial charge on any atom is 0.123 e. The molecule has 1 heterocycles. The zero-order valence-electron chi connectivity index (χ0n) is 15.6. The average molecular weight is 399 g/mol. The number of hydrogen-bond donors (Lipinski definition) is 0. The fourth-order valence-corrected chi connectivity index (χ4v) is 4.23. The molecule has 0 saturated heterocycles. The topological polar surface area (TPSA) is 13.1 Å². The molecule has 3 heteroatoms. The van der Waals surface area contributed by atoms with E-state index < -0.39 is 8.07 Å². The molecule has 0 saturated carbocycles. The second-order valence-electron chi connectivity index (χ2n) is 7.66. The lowest BCUT2D eigenvalue weighted by Crippen LogP contribution is -2.36. The summed E-state index contributed by atoms with van der Waals surface area (Å²) in [6.45, 7) is 9.23. The van der Waals surface area contributed by atoms with Crippen LogP contribution in [-0.4, -0.2) is 8.07 Å². The monoisotopic (exact) mass is 398 g/mol. The van der Waals surface area contributed by atoms with Crippen molar-refractivity contribution in [3.8, 4) is 0 Å². The van der Waals surface area contributed by atoms with Crippen molar-refractivity contribution in [2.24, 2.45) is 0 Å². The van der Waals surface area contributed by atoms with E-state index in [0.717, 1.165) is 6.42 Å². The van der Waals surface area contributed by atoms with Crippen LogP contribution in [0.4, 0.5) is 0 Å². The first-order chi connectivity index (χ1) is 10.9. The predicted molar refractivity (Wildman–Crippen MR) is 110 cm³/mol. The first kappa shape index (κ1) is 20.8. The molecule has 0 N–H and O–H groups in total. The van der Waals surface area contributed by atoms with Crippen LogP contribution >= 0.6 is 15.9 Å². The molecule has 1 rings (SSSR count). The van der Waals surface area contributed by atoms with Crippen LogP contribution in [0.15, 0.2) is 21.2 Å². The Hall–Kier alpha value is -0.283. The normalized spacial score (nSPS) is 12.8. The summed E-state index contributed by atoms with van der Waals surface area (Å²) >= 11 is 3.72. The number of halogens is 1. The number of unbranched alkanes of at least 4 members (excludes halogenated alkanes) is 8. The predicted octanol–water partition coefficient (Wildman–Crippen LogP) is 7.48. The molecule has 0 bridgehead atoms. The van der Waals surface area contributed by atoms with Gasteiger partial charge in [0.25, 0.3) is 0 Å². The highest BCUT2D eigenvalue weighted by molar-refractivity contribution is 9.11. The Morgan fingerprint density at radius 1 is 1.00 bits per heavy atom. The smallest absolute Gasteiger partial charge is 0.123 e. The fraction of sp³-hybridized carbons (Fsp3) is 0.700. The van der Waals surface area contributed by atoms with Gasteiger partial charge in [-0.05, 0) is 29.5 Å². The maximum absolute atomic E-state index is 5.72. The Morgan fingerprint density at radius 3 is 2.09 bits per heavy atom. The number of allylic oxidation sites excluding steroid dienone is 1. The first-order valence-corrected chi connectivity index (χ1v) is 13.7.